The first-order chi connectivity index (χ1) is 14.5. The molecule has 9 nitrogen and oxygen atoms in total. The zero-order valence-electron chi connectivity index (χ0n) is 17.5. The molecule has 0 aromatic carbocycles. The van der Waals surface area contributed by atoms with Crippen LogP contribution in [0.25, 0.3) is 11.1 Å². The number of nitrogens with one attached hydrogen (secondary N) is 1. The van der Waals surface area contributed by atoms with Crippen molar-refractivity contribution in [1.82, 2.24) is 14.8 Å². The quantitative estimate of drug-likeness (QED) is 0.589. The molecule has 30 heavy (non-hydrogen) atoms. The van der Waals surface area contributed by atoms with Crippen molar-refractivity contribution in [3.8, 4) is 0 Å². The van der Waals surface area contributed by atoms with Gasteiger partial charge in [0, 0.05) is 32.4 Å². The number of aromatic nitrogens is 3. The summed E-state index contributed by atoms with van der Waals surface area (Å²) in [5, 5.41) is 7.31. The number of hydrogen-bond acceptors (Lipinski definition) is 7. The summed E-state index contributed by atoms with van der Waals surface area (Å²) < 4.78 is 7.41. The molecule has 3 aromatic heterocycles. The molecule has 0 radical (unpaired) electrons. The molecule has 1 fully saturated rings. The van der Waals surface area contributed by atoms with Crippen LogP contribution < -0.4 is 21.7 Å². The maximum atomic E-state index is 13.1. The minimum Gasteiger partial charge on any atom is -0.438 e. The van der Waals surface area contributed by atoms with E-state index in [2.05, 4.69) is 27.2 Å². The van der Waals surface area contributed by atoms with Crippen molar-refractivity contribution in [3.05, 3.63) is 29.6 Å². The number of rotatable bonds is 5. The van der Waals surface area contributed by atoms with E-state index in [0.717, 1.165) is 56.6 Å². The number of fused-ring (bicyclic) bond motifs is 1. The van der Waals surface area contributed by atoms with Gasteiger partial charge in [0.1, 0.15) is 16.8 Å². The molecule has 0 aliphatic carbocycles. The summed E-state index contributed by atoms with van der Waals surface area (Å²) in [5.74, 6) is 0.569. The summed E-state index contributed by atoms with van der Waals surface area (Å²) in [4.78, 5) is 19.8. The Labute approximate surface area is 175 Å². The fourth-order valence-electron chi connectivity index (χ4n) is 4.09. The molecule has 1 unspecified atom stereocenters. The van der Waals surface area contributed by atoms with Gasteiger partial charge in [0.15, 0.2) is 11.4 Å². The van der Waals surface area contributed by atoms with E-state index in [0.29, 0.717) is 16.8 Å². The van der Waals surface area contributed by atoms with Crippen LogP contribution in [0.15, 0.2) is 22.9 Å². The standard InChI is InChI=1S/C21H29N7O2/c1-3-5-13-10-16-18(24-11-13)17(19(23)30-16)20(29)26-15-12-25-27(2)21(15)28-8-4-6-14(22)7-9-28/h10-12,14H,3-9,22-23H2,1-2H3,(H,26,29). The van der Waals surface area contributed by atoms with Crippen molar-refractivity contribution in [2.24, 2.45) is 12.8 Å². The summed E-state index contributed by atoms with van der Waals surface area (Å²) in [6.07, 6.45) is 8.23. The Hall–Kier alpha value is -3.07. The van der Waals surface area contributed by atoms with Crippen LogP contribution in [0, 0.1) is 0 Å². The fourth-order valence-corrected chi connectivity index (χ4v) is 4.09. The predicted octanol–water partition coefficient (Wildman–Crippen LogP) is 2.67. The number of nitrogens with zero attached hydrogens (tertiary/aromatic N) is 4. The minimum absolute atomic E-state index is 0.0647. The van der Waals surface area contributed by atoms with Gasteiger partial charge in [-0.25, -0.2) is 0 Å². The van der Waals surface area contributed by atoms with E-state index in [1.807, 2.05) is 13.1 Å². The average molecular weight is 412 g/mol. The SMILES string of the molecule is CCCc1cnc2c(C(=O)Nc3cnn(C)c3N3CCCC(N)CC3)c(N)oc2c1. The number of furan rings is 1. The van der Waals surface area contributed by atoms with Crippen LogP contribution in [0.2, 0.25) is 0 Å². The van der Waals surface area contributed by atoms with Crippen LogP contribution >= 0.6 is 0 Å². The molecular formula is C21H29N7O2. The van der Waals surface area contributed by atoms with Gasteiger partial charge in [-0.2, -0.15) is 5.10 Å². The lowest BCUT2D eigenvalue weighted by Gasteiger charge is -2.24. The third kappa shape index (κ3) is 3.85. The van der Waals surface area contributed by atoms with Gasteiger partial charge in [-0.05, 0) is 37.3 Å². The van der Waals surface area contributed by atoms with Crippen molar-refractivity contribution in [2.75, 3.05) is 29.0 Å². The Morgan fingerprint density at radius 3 is 2.97 bits per heavy atom. The van der Waals surface area contributed by atoms with Crippen LogP contribution in [-0.2, 0) is 13.5 Å². The van der Waals surface area contributed by atoms with E-state index < -0.39 is 0 Å². The normalized spacial score (nSPS) is 17.3. The van der Waals surface area contributed by atoms with E-state index in [1.165, 1.54) is 0 Å². The first-order valence-electron chi connectivity index (χ1n) is 10.5. The van der Waals surface area contributed by atoms with Gasteiger partial charge >= 0.3 is 0 Å². The first-order valence-corrected chi connectivity index (χ1v) is 10.5. The number of anilines is 3. The summed E-state index contributed by atoms with van der Waals surface area (Å²) >= 11 is 0. The molecule has 160 valence electrons. The van der Waals surface area contributed by atoms with Crippen LogP contribution in [-0.4, -0.2) is 39.8 Å². The Morgan fingerprint density at radius 2 is 2.17 bits per heavy atom. The van der Waals surface area contributed by atoms with Gasteiger partial charge in [0.2, 0.25) is 5.88 Å². The van der Waals surface area contributed by atoms with Crippen molar-refractivity contribution < 1.29 is 9.21 Å². The van der Waals surface area contributed by atoms with Gasteiger partial charge in [0.25, 0.3) is 5.91 Å². The number of pyridine rings is 1. The van der Waals surface area contributed by atoms with Crippen LogP contribution in [0.4, 0.5) is 17.4 Å². The molecule has 4 rings (SSSR count). The van der Waals surface area contributed by atoms with Gasteiger partial charge in [-0.15, -0.1) is 0 Å². The lowest BCUT2D eigenvalue weighted by Crippen LogP contribution is -2.29. The molecule has 0 spiro atoms. The fraction of sp³-hybridized carbons (Fsp3) is 0.476. The first kappa shape index (κ1) is 20.2. The third-order valence-corrected chi connectivity index (χ3v) is 5.61. The molecule has 9 heteroatoms. The summed E-state index contributed by atoms with van der Waals surface area (Å²) in [6.45, 7) is 3.79. The maximum Gasteiger partial charge on any atom is 0.263 e. The molecule has 1 aliphatic rings. The molecule has 0 saturated carbocycles. The zero-order valence-corrected chi connectivity index (χ0v) is 17.5. The smallest absolute Gasteiger partial charge is 0.263 e. The molecule has 0 bridgehead atoms. The lowest BCUT2D eigenvalue weighted by atomic mass is 10.1. The second-order valence-electron chi connectivity index (χ2n) is 7.92. The molecule has 1 saturated heterocycles. The Bertz CT molecular complexity index is 1060. The van der Waals surface area contributed by atoms with E-state index in [9.17, 15) is 4.79 Å². The molecule has 5 N–H and O–H groups in total. The molecular weight excluding hydrogens is 382 g/mol. The van der Waals surface area contributed by atoms with Crippen LogP contribution in [0.3, 0.4) is 0 Å². The molecule has 1 aliphatic heterocycles. The Morgan fingerprint density at radius 1 is 1.33 bits per heavy atom. The van der Waals surface area contributed by atoms with Crippen molar-refractivity contribution in [3.63, 3.8) is 0 Å². The van der Waals surface area contributed by atoms with Gasteiger partial charge < -0.3 is 26.1 Å². The monoisotopic (exact) mass is 411 g/mol. The van der Waals surface area contributed by atoms with E-state index in [1.54, 1.807) is 17.1 Å². The Kier molecular flexibility index (Phi) is 5.63. The highest BCUT2D eigenvalue weighted by molar-refractivity contribution is 6.15. The number of hydrogen-bond donors (Lipinski definition) is 3. The van der Waals surface area contributed by atoms with E-state index >= 15 is 0 Å². The van der Waals surface area contributed by atoms with Gasteiger partial charge in [-0.1, -0.05) is 13.3 Å². The Balaban J connectivity index is 1.61. The second kappa shape index (κ2) is 8.35. The van der Waals surface area contributed by atoms with Crippen molar-refractivity contribution in [1.29, 1.82) is 0 Å². The van der Waals surface area contributed by atoms with Crippen LogP contribution in [0.1, 0.15) is 48.5 Å². The molecule has 4 heterocycles. The maximum absolute atomic E-state index is 13.1. The number of nitrogens with two attached hydrogens (primary N) is 2. The van der Waals surface area contributed by atoms with Crippen molar-refractivity contribution >= 4 is 34.4 Å². The van der Waals surface area contributed by atoms with Crippen molar-refractivity contribution in [2.45, 2.75) is 45.1 Å². The number of aryl methyl sites for hydroxylation is 2. The van der Waals surface area contributed by atoms with E-state index in [-0.39, 0.29) is 23.4 Å². The summed E-state index contributed by atoms with van der Waals surface area (Å²) in [7, 11) is 1.87. The van der Waals surface area contributed by atoms with Gasteiger partial charge in [-0.3, -0.25) is 14.5 Å². The number of amides is 1. The topological polar surface area (TPSA) is 128 Å². The zero-order chi connectivity index (χ0) is 21.3. The lowest BCUT2D eigenvalue weighted by molar-refractivity contribution is 0.102. The summed E-state index contributed by atoms with van der Waals surface area (Å²) in [5.41, 5.74) is 15.1. The second-order valence-corrected chi connectivity index (χ2v) is 7.92. The van der Waals surface area contributed by atoms with Gasteiger partial charge in [0.05, 0.1) is 6.20 Å². The largest absolute Gasteiger partial charge is 0.438 e. The molecule has 3 aromatic rings. The average Bonchev–Trinajstić information content (AvgIpc) is 3.14. The summed E-state index contributed by atoms with van der Waals surface area (Å²) in [6, 6.07) is 2.11. The third-order valence-electron chi connectivity index (χ3n) is 5.61. The number of carbonyl (C=O) groups is 1. The molecule has 1 amide bonds. The highest BCUT2D eigenvalue weighted by Crippen LogP contribution is 2.31. The number of carbonyl (C=O) groups excluding carboxylic acids is 1. The highest BCUT2D eigenvalue weighted by Gasteiger charge is 2.25. The molecule has 1 atom stereocenters. The number of nitrogen functional groups attached to an aromatic ring is 1. The predicted molar refractivity (Wildman–Crippen MR) is 118 cm³/mol. The van der Waals surface area contributed by atoms with E-state index in [4.69, 9.17) is 15.9 Å². The minimum atomic E-state index is -0.359. The van der Waals surface area contributed by atoms with Crippen LogP contribution in [0.5, 0.6) is 0 Å². The highest BCUT2D eigenvalue weighted by atomic mass is 16.3.